The number of ether oxygens (including phenoxy) is 2. The van der Waals surface area contributed by atoms with Crippen molar-refractivity contribution in [1.29, 1.82) is 0 Å². The van der Waals surface area contributed by atoms with Crippen LogP contribution in [0, 0.1) is 0 Å². The molecule has 8 heteroatoms. The maximum atomic E-state index is 12.6. The number of hydrogen-bond acceptors (Lipinski definition) is 6. The van der Waals surface area contributed by atoms with Crippen LogP contribution < -0.4 is 5.32 Å². The van der Waals surface area contributed by atoms with Crippen LogP contribution in [-0.2, 0) is 19.1 Å². The zero-order chi connectivity index (χ0) is 20.0. The second-order valence-electron chi connectivity index (χ2n) is 6.25. The maximum absolute atomic E-state index is 12.6. The van der Waals surface area contributed by atoms with Crippen LogP contribution in [-0.4, -0.2) is 55.5 Å². The minimum atomic E-state index is -0.859. The van der Waals surface area contributed by atoms with Crippen LogP contribution in [0.1, 0.15) is 53.3 Å². The van der Waals surface area contributed by atoms with Crippen LogP contribution in [0.4, 0.5) is 5.69 Å². The van der Waals surface area contributed by atoms with Crippen molar-refractivity contribution >= 4 is 29.4 Å². The van der Waals surface area contributed by atoms with Gasteiger partial charge in [0.15, 0.2) is 0 Å². The summed E-state index contributed by atoms with van der Waals surface area (Å²) >= 11 is 0. The first-order valence-corrected chi connectivity index (χ1v) is 8.85. The smallest absolute Gasteiger partial charge is 0.339 e. The number of hydrogen-bond donors (Lipinski definition) is 1. The van der Waals surface area contributed by atoms with Crippen LogP contribution in [0.3, 0.4) is 0 Å². The van der Waals surface area contributed by atoms with Gasteiger partial charge in [0.1, 0.15) is 0 Å². The van der Waals surface area contributed by atoms with E-state index in [-0.39, 0.29) is 22.9 Å². The molecule has 2 rings (SSSR count). The van der Waals surface area contributed by atoms with Gasteiger partial charge in [0.2, 0.25) is 0 Å². The molecule has 1 fully saturated rings. The molecule has 0 bridgehead atoms. The molecule has 1 aliphatic heterocycles. The first-order chi connectivity index (χ1) is 12.9. The molecule has 0 spiro atoms. The molecule has 1 aromatic carbocycles. The molecule has 146 valence electrons. The lowest BCUT2D eigenvalue weighted by Gasteiger charge is -2.34. The van der Waals surface area contributed by atoms with Gasteiger partial charge in [-0.2, -0.15) is 0 Å². The average Bonchev–Trinajstić information content (AvgIpc) is 2.71. The first kappa shape index (κ1) is 20.4. The molecule has 2 amide bonds. The lowest BCUT2D eigenvalue weighted by Crippen LogP contribution is -2.48. The molecular weight excluding hydrogens is 352 g/mol. The molecule has 1 aliphatic rings. The predicted octanol–water partition coefficient (Wildman–Crippen LogP) is 1.99. The average molecular weight is 376 g/mol. The number of anilines is 1. The summed E-state index contributed by atoms with van der Waals surface area (Å²) in [7, 11) is 2.42. The second-order valence-corrected chi connectivity index (χ2v) is 6.25. The summed E-state index contributed by atoms with van der Waals surface area (Å²) in [6, 6.07) is 4.04. The lowest BCUT2D eigenvalue weighted by molar-refractivity contribution is -0.145. The van der Waals surface area contributed by atoms with Crippen molar-refractivity contribution in [2.24, 2.45) is 0 Å². The van der Waals surface area contributed by atoms with E-state index in [1.165, 1.54) is 32.4 Å². The van der Waals surface area contributed by atoms with Gasteiger partial charge in [0.05, 0.1) is 31.0 Å². The topological polar surface area (TPSA) is 102 Å². The molecule has 0 aromatic heterocycles. The SMILES string of the molecule is CCC1CCCCN1C(=O)C(=O)Nc1cc(C(=O)OC)ccc1C(=O)OC. The van der Waals surface area contributed by atoms with Gasteiger partial charge in [-0.3, -0.25) is 9.59 Å². The van der Waals surface area contributed by atoms with Gasteiger partial charge >= 0.3 is 23.8 Å². The van der Waals surface area contributed by atoms with Crippen molar-refractivity contribution in [3.05, 3.63) is 29.3 Å². The molecule has 0 radical (unpaired) electrons. The quantitative estimate of drug-likeness (QED) is 0.637. The number of piperidine rings is 1. The highest BCUT2D eigenvalue weighted by Crippen LogP contribution is 2.22. The molecule has 8 nitrogen and oxygen atoms in total. The largest absolute Gasteiger partial charge is 0.465 e. The van der Waals surface area contributed by atoms with E-state index < -0.39 is 23.8 Å². The van der Waals surface area contributed by atoms with Crippen molar-refractivity contribution < 1.29 is 28.7 Å². The van der Waals surface area contributed by atoms with Crippen LogP contribution in [0.25, 0.3) is 0 Å². The fraction of sp³-hybridized carbons (Fsp3) is 0.474. The van der Waals surface area contributed by atoms with E-state index in [4.69, 9.17) is 4.74 Å². The zero-order valence-electron chi connectivity index (χ0n) is 15.7. The summed E-state index contributed by atoms with van der Waals surface area (Å²) in [6.07, 6.45) is 3.50. The van der Waals surface area contributed by atoms with Crippen LogP contribution in [0.5, 0.6) is 0 Å². The van der Waals surface area contributed by atoms with E-state index in [0.717, 1.165) is 25.7 Å². The first-order valence-electron chi connectivity index (χ1n) is 8.85. The zero-order valence-corrected chi connectivity index (χ0v) is 15.7. The Morgan fingerprint density at radius 3 is 2.44 bits per heavy atom. The monoisotopic (exact) mass is 376 g/mol. The molecular formula is C19H24N2O6. The van der Waals surface area contributed by atoms with E-state index in [1.54, 1.807) is 4.90 Å². The molecule has 1 atom stereocenters. The summed E-state index contributed by atoms with van der Waals surface area (Å²) in [6.45, 7) is 2.50. The van der Waals surface area contributed by atoms with Crippen LogP contribution in [0.2, 0.25) is 0 Å². The van der Waals surface area contributed by atoms with E-state index >= 15 is 0 Å². The Morgan fingerprint density at radius 2 is 1.81 bits per heavy atom. The minimum absolute atomic E-state index is 0.0214. The highest BCUT2D eigenvalue weighted by atomic mass is 16.5. The fourth-order valence-corrected chi connectivity index (χ4v) is 3.18. The van der Waals surface area contributed by atoms with Crippen molar-refractivity contribution in [2.45, 2.75) is 38.6 Å². The summed E-state index contributed by atoms with van der Waals surface area (Å²) in [5.74, 6) is -2.84. The molecule has 1 aromatic rings. The van der Waals surface area contributed by atoms with Crippen molar-refractivity contribution in [1.82, 2.24) is 4.90 Å². The number of nitrogens with zero attached hydrogens (tertiary/aromatic N) is 1. The fourth-order valence-electron chi connectivity index (χ4n) is 3.18. The van der Waals surface area contributed by atoms with Crippen molar-refractivity contribution in [2.75, 3.05) is 26.1 Å². The second kappa shape index (κ2) is 9.16. The van der Waals surface area contributed by atoms with Gasteiger partial charge in [0, 0.05) is 12.6 Å². The third-order valence-electron chi connectivity index (χ3n) is 4.65. The third-order valence-corrected chi connectivity index (χ3v) is 4.65. The van der Waals surface area contributed by atoms with E-state index in [2.05, 4.69) is 10.1 Å². The van der Waals surface area contributed by atoms with Gasteiger partial charge in [-0.05, 0) is 43.9 Å². The number of esters is 2. The van der Waals surface area contributed by atoms with E-state index in [1.807, 2.05) is 6.92 Å². The number of carbonyl (C=O) groups is 4. The Labute approximate surface area is 157 Å². The Bertz CT molecular complexity index is 746. The van der Waals surface area contributed by atoms with Gasteiger partial charge in [-0.1, -0.05) is 6.92 Å². The Morgan fingerprint density at radius 1 is 1.11 bits per heavy atom. The lowest BCUT2D eigenvalue weighted by atomic mass is 10.00. The number of carbonyl (C=O) groups excluding carboxylic acids is 4. The number of rotatable bonds is 4. The Kier molecular flexibility index (Phi) is 6.92. The van der Waals surface area contributed by atoms with E-state index in [0.29, 0.717) is 6.54 Å². The number of benzene rings is 1. The number of methoxy groups -OCH3 is 2. The number of amides is 2. The van der Waals surface area contributed by atoms with Crippen molar-refractivity contribution in [3.8, 4) is 0 Å². The molecule has 0 saturated carbocycles. The van der Waals surface area contributed by atoms with Gasteiger partial charge < -0.3 is 19.7 Å². The third kappa shape index (κ3) is 4.64. The predicted molar refractivity (Wildman–Crippen MR) is 97.4 cm³/mol. The summed E-state index contributed by atoms with van der Waals surface area (Å²) < 4.78 is 9.35. The van der Waals surface area contributed by atoms with Gasteiger partial charge in [-0.25, -0.2) is 9.59 Å². The molecule has 1 N–H and O–H groups in total. The summed E-state index contributed by atoms with van der Waals surface area (Å²) in [5, 5.41) is 2.45. The minimum Gasteiger partial charge on any atom is -0.465 e. The molecule has 1 unspecified atom stereocenters. The molecule has 27 heavy (non-hydrogen) atoms. The summed E-state index contributed by atoms with van der Waals surface area (Å²) in [5.41, 5.74) is 0.197. The number of likely N-dealkylation sites (tertiary alicyclic amines) is 1. The van der Waals surface area contributed by atoms with Gasteiger partial charge in [-0.15, -0.1) is 0 Å². The Balaban J connectivity index is 2.27. The number of nitrogens with one attached hydrogen (secondary N) is 1. The normalized spacial score (nSPS) is 16.4. The van der Waals surface area contributed by atoms with Crippen LogP contribution in [0.15, 0.2) is 18.2 Å². The molecule has 0 aliphatic carbocycles. The maximum Gasteiger partial charge on any atom is 0.339 e. The standard InChI is InChI=1S/C19H24N2O6/c1-4-13-7-5-6-10-21(13)17(23)16(22)20-15-11-12(18(24)26-2)8-9-14(15)19(25)27-3/h8-9,11,13H,4-7,10H2,1-3H3,(H,20,22). The van der Waals surface area contributed by atoms with Gasteiger partial charge in [0.25, 0.3) is 0 Å². The Hall–Kier alpha value is -2.90. The molecule has 1 heterocycles. The van der Waals surface area contributed by atoms with Crippen LogP contribution >= 0.6 is 0 Å². The molecule has 1 saturated heterocycles. The summed E-state index contributed by atoms with van der Waals surface area (Å²) in [4.78, 5) is 50.4. The van der Waals surface area contributed by atoms with E-state index in [9.17, 15) is 19.2 Å². The highest BCUT2D eigenvalue weighted by molar-refractivity contribution is 6.40. The highest BCUT2D eigenvalue weighted by Gasteiger charge is 2.30. The van der Waals surface area contributed by atoms with Crippen molar-refractivity contribution in [3.63, 3.8) is 0 Å².